The molecular formula is C14H23NO. The van der Waals surface area contributed by atoms with Crippen LogP contribution in [0.1, 0.15) is 51.6 Å². The summed E-state index contributed by atoms with van der Waals surface area (Å²) in [6.45, 7) is 6.61. The molecule has 2 atom stereocenters. The van der Waals surface area contributed by atoms with E-state index in [-0.39, 0.29) is 0 Å². The quantitative estimate of drug-likeness (QED) is 0.769. The Bertz CT molecular complexity index is 294. The van der Waals surface area contributed by atoms with Crippen LogP contribution in [0, 0.1) is 0 Å². The lowest BCUT2D eigenvalue weighted by Crippen LogP contribution is -2.28. The molecule has 0 saturated heterocycles. The first-order valence-corrected chi connectivity index (χ1v) is 6.18. The standard InChI is InChI=1S/C14H23NO/c1-4-5-6-11(2)15-12(3)13-7-9-14(16)10-8-13/h7-12,15-16H,4-6H2,1-3H3. The first kappa shape index (κ1) is 13.0. The van der Waals surface area contributed by atoms with Crippen LogP contribution in [0.5, 0.6) is 5.75 Å². The van der Waals surface area contributed by atoms with Gasteiger partial charge in [-0.15, -0.1) is 0 Å². The number of benzene rings is 1. The van der Waals surface area contributed by atoms with Gasteiger partial charge in [0.05, 0.1) is 0 Å². The zero-order chi connectivity index (χ0) is 12.0. The molecule has 0 spiro atoms. The normalized spacial score (nSPS) is 14.7. The average molecular weight is 221 g/mol. The van der Waals surface area contributed by atoms with Gasteiger partial charge in [0, 0.05) is 12.1 Å². The molecule has 0 radical (unpaired) electrons. The minimum Gasteiger partial charge on any atom is -0.508 e. The molecule has 1 rings (SSSR count). The molecule has 2 nitrogen and oxygen atoms in total. The van der Waals surface area contributed by atoms with Crippen molar-refractivity contribution in [3.05, 3.63) is 29.8 Å². The van der Waals surface area contributed by atoms with Crippen LogP contribution in [0.2, 0.25) is 0 Å². The Balaban J connectivity index is 2.45. The van der Waals surface area contributed by atoms with Crippen molar-refractivity contribution in [1.29, 1.82) is 0 Å². The van der Waals surface area contributed by atoms with Crippen LogP contribution in [0.4, 0.5) is 0 Å². The van der Waals surface area contributed by atoms with E-state index in [1.165, 1.54) is 24.8 Å². The molecule has 0 aliphatic carbocycles. The topological polar surface area (TPSA) is 32.3 Å². The monoisotopic (exact) mass is 221 g/mol. The first-order chi connectivity index (χ1) is 7.63. The largest absolute Gasteiger partial charge is 0.508 e. The second-order valence-electron chi connectivity index (χ2n) is 4.52. The van der Waals surface area contributed by atoms with Gasteiger partial charge in [0.25, 0.3) is 0 Å². The van der Waals surface area contributed by atoms with Gasteiger partial charge in [0.15, 0.2) is 0 Å². The van der Waals surface area contributed by atoms with E-state index in [9.17, 15) is 5.11 Å². The Hall–Kier alpha value is -1.02. The van der Waals surface area contributed by atoms with Crippen LogP contribution < -0.4 is 5.32 Å². The minimum atomic E-state index is 0.329. The summed E-state index contributed by atoms with van der Waals surface area (Å²) in [5.41, 5.74) is 1.22. The van der Waals surface area contributed by atoms with Crippen molar-refractivity contribution in [2.75, 3.05) is 0 Å². The molecule has 0 heterocycles. The van der Waals surface area contributed by atoms with E-state index in [0.29, 0.717) is 17.8 Å². The Morgan fingerprint density at radius 1 is 1.19 bits per heavy atom. The van der Waals surface area contributed by atoms with E-state index in [1.54, 1.807) is 12.1 Å². The van der Waals surface area contributed by atoms with Crippen molar-refractivity contribution < 1.29 is 5.11 Å². The summed E-state index contributed by atoms with van der Waals surface area (Å²) < 4.78 is 0. The highest BCUT2D eigenvalue weighted by atomic mass is 16.3. The van der Waals surface area contributed by atoms with Gasteiger partial charge in [-0.1, -0.05) is 31.9 Å². The van der Waals surface area contributed by atoms with E-state index in [4.69, 9.17) is 0 Å². The lowest BCUT2D eigenvalue weighted by molar-refractivity contribution is 0.443. The highest BCUT2D eigenvalue weighted by molar-refractivity contribution is 5.27. The summed E-state index contributed by atoms with van der Waals surface area (Å²) in [4.78, 5) is 0. The summed E-state index contributed by atoms with van der Waals surface area (Å²) >= 11 is 0. The third-order valence-corrected chi connectivity index (χ3v) is 2.92. The first-order valence-electron chi connectivity index (χ1n) is 6.18. The van der Waals surface area contributed by atoms with Crippen molar-refractivity contribution in [3.63, 3.8) is 0 Å². The summed E-state index contributed by atoms with van der Waals surface area (Å²) in [7, 11) is 0. The van der Waals surface area contributed by atoms with Gasteiger partial charge < -0.3 is 10.4 Å². The number of phenolic OH excluding ortho intramolecular Hbond substituents is 1. The summed E-state index contributed by atoms with van der Waals surface area (Å²) in [5, 5.41) is 12.8. The van der Waals surface area contributed by atoms with Crippen molar-refractivity contribution in [2.24, 2.45) is 0 Å². The Kier molecular flexibility index (Phi) is 5.33. The molecule has 0 fully saturated rings. The molecule has 0 amide bonds. The predicted molar refractivity (Wildman–Crippen MR) is 68.6 cm³/mol. The van der Waals surface area contributed by atoms with Gasteiger partial charge in [0.1, 0.15) is 5.75 Å². The molecule has 1 aromatic carbocycles. The number of aromatic hydroxyl groups is 1. The minimum absolute atomic E-state index is 0.329. The smallest absolute Gasteiger partial charge is 0.115 e. The highest BCUT2D eigenvalue weighted by Gasteiger charge is 2.08. The van der Waals surface area contributed by atoms with Crippen molar-refractivity contribution in [2.45, 2.75) is 52.1 Å². The van der Waals surface area contributed by atoms with Gasteiger partial charge in [-0.2, -0.15) is 0 Å². The van der Waals surface area contributed by atoms with Gasteiger partial charge in [0.2, 0.25) is 0 Å². The molecule has 16 heavy (non-hydrogen) atoms. The highest BCUT2D eigenvalue weighted by Crippen LogP contribution is 2.17. The molecule has 1 aromatic rings. The molecule has 2 heteroatoms. The number of phenols is 1. The molecule has 0 saturated carbocycles. The Labute approximate surface area is 98.7 Å². The van der Waals surface area contributed by atoms with E-state index in [2.05, 4.69) is 26.1 Å². The van der Waals surface area contributed by atoms with Gasteiger partial charge >= 0.3 is 0 Å². The summed E-state index contributed by atoms with van der Waals surface area (Å²) in [6, 6.07) is 8.31. The molecule has 0 aromatic heterocycles. The molecular weight excluding hydrogens is 198 g/mol. The predicted octanol–water partition coefficient (Wildman–Crippen LogP) is 3.62. The van der Waals surface area contributed by atoms with Gasteiger partial charge in [-0.25, -0.2) is 0 Å². The number of rotatable bonds is 6. The maximum Gasteiger partial charge on any atom is 0.115 e. The van der Waals surface area contributed by atoms with Gasteiger partial charge in [-0.05, 0) is 38.0 Å². The van der Waals surface area contributed by atoms with Crippen molar-refractivity contribution >= 4 is 0 Å². The van der Waals surface area contributed by atoms with Crippen LogP contribution >= 0.6 is 0 Å². The third kappa shape index (κ3) is 4.23. The van der Waals surface area contributed by atoms with Crippen LogP contribution in [0.25, 0.3) is 0 Å². The summed E-state index contributed by atoms with van der Waals surface area (Å²) in [6.07, 6.45) is 3.75. The fourth-order valence-corrected chi connectivity index (χ4v) is 1.88. The SMILES string of the molecule is CCCCC(C)NC(C)c1ccc(O)cc1. The van der Waals surface area contributed by atoms with E-state index >= 15 is 0 Å². The van der Waals surface area contributed by atoms with Crippen LogP contribution in [-0.4, -0.2) is 11.1 Å². The molecule has 2 unspecified atom stereocenters. The van der Waals surface area contributed by atoms with Crippen molar-refractivity contribution in [1.82, 2.24) is 5.32 Å². The lowest BCUT2D eigenvalue weighted by atomic mass is 10.1. The zero-order valence-corrected chi connectivity index (χ0v) is 10.5. The number of nitrogens with one attached hydrogen (secondary N) is 1. The second-order valence-corrected chi connectivity index (χ2v) is 4.52. The van der Waals surface area contributed by atoms with E-state index in [0.717, 1.165) is 0 Å². The molecule has 0 bridgehead atoms. The number of hydrogen-bond acceptors (Lipinski definition) is 2. The fourth-order valence-electron chi connectivity index (χ4n) is 1.88. The maximum absolute atomic E-state index is 9.22. The lowest BCUT2D eigenvalue weighted by Gasteiger charge is -2.20. The van der Waals surface area contributed by atoms with Crippen LogP contribution in [0.3, 0.4) is 0 Å². The van der Waals surface area contributed by atoms with E-state index < -0.39 is 0 Å². The average Bonchev–Trinajstić information content (AvgIpc) is 2.27. The molecule has 90 valence electrons. The number of unbranched alkanes of at least 4 members (excludes halogenated alkanes) is 1. The Morgan fingerprint density at radius 2 is 1.81 bits per heavy atom. The zero-order valence-electron chi connectivity index (χ0n) is 10.5. The fraction of sp³-hybridized carbons (Fsp3) is 0.571. The Morgan fingerprint density at radius 3 is 2.38 bits per heavy atom. The van der Waals surface area contributed by atoms with Crippen molar-refractivity contribution in [3.8, 4) is 5.75 Å². The molecule has 0 aliphatic heterocycles. The summed E-state index contributed by atoms with van der Waals surface area (Å²) in [5.74, 6) is 0.329. The second kappa shape index (κ2) is 6.54. The van der Waals surface area contributed by atoms with Gasteiger partial charge in [-0.3, -0.25) is 0 Å². The molecule has 0 aliphatic rings. The molecule has 2 N–H and O–H groups in total. The third-order valence-electron chi connectivity index (χ3n) is 2.92. The van der Waals surface area contributed by atoms with Crippen LogP contribution in [-0.2, 0) is 0 Å². The maximum atomic E-state index is 9.22. The van der Waals surface area contributed by atoms with E-state index in [1.807, 2.05) is 12.1 Å². The number of hydrogen-bond donors (Lipinski definition) is 2. The van der Waals surface area contributed by atoms with Crippen LogP contribution in [0.15, 0.2) is 24.3 Å².